The molecule has 0 atom stereocenters. The molecule has 3 heterocycles. The van der Waals surface area contributed by atoms with Gasteiger partial charge in [0.05, 0.1) is 21.7 Å². The molecule has 2 aromatic carbocycles. The third-order valence-electron chi connectivity index (χ3n) is 7.71. The van der Waals surface area contributed by atoms with Crippen molar-refractivity contribution < 1.29 is 18.8 Å². The first kappa shape index (κ1) is 26.2. The number of nitrogens with zero attached hydrogens (tertiary/aromatic N) is 3. The number of hydrogen-bond acceptors (Lipinski definition) is 3. The van der Waals surface area contributed by atoms with Gasteiger partial charge in [0, 0.05) is 43.5 Å². The molecule has 0 N–H and O–H groups in total. The van der Waals surface area contributed by atoms with Crippen LogP contribution in [0, 0.1) is 11.7 Å². The van der Waals surface area contributed by atoms with Crippen LogP contribution in [-0.4, -0.2) is 58.1 Å². The van der Waals surface area contributed by atoms with Crippen LogP contribution in [-0.2, 0) is 11.2 Å². The maximum atomic E-state index is 13.5. The number of aromatic nitrogens is 1. The highest BCUT2D eigenvalue weighted by Gasteiger charge is 2.30. The maximum Gasteiger partial charge on any atom is 0.295 e. The van der Waals surface area contributed by atoms with Crippen molar-refractivity contribution >= 4 is 45.8 Å². The van der Waals surface area contributed by atoms with Crippen LogP contribution in [0.2, 0.25) is 5.02 Å². The molecule has 0 radical (unpaired) electrons. The number of allylic oxidation sites excluding steroid dienone is 1. The van der Waals surface area contributed by atoms with E-state index in [9.17, 15) is 18.8 Å². The van der Waals surface area contributed by atoms with Gasteiger partial charge in [-0.2, -0.15) is 0 Å². The van der Waals surface area contributed by atoms with Gasteiger partial charge in [0.2, 0.25) is 0 Å². The molecule has 0 bridgehead atoms. The van der Waals surface area contributed by atoms with Crippen LogP contribution in [0.5, 0.6) is 0 Å². The standard InChI is InChI=1S/C30H31ClFN3O3/c1-19(2)35-18-25(28(36)30(38)33-11-3-4-12-33)23-16-24(26(31)17-27(23)35)29(37)34-13-9-21(10-14-34)15-20-5-7-22(32)8-6-20/h5-8,16-18,21H,1,3-4,9-15H2,2H3. The summed E-state index contributed by atoms with van der Waals surface area (Å²) in [6.07, 6.45) is 5.92. The zero-order chi connectivity index (χ0) is 27.0. The van der Waals surface area contributed by atoms with Crippen molar-refractivity contribution in [2.45, 2.75) is 39.0 Å². The van der Waals surface area contributed by atoms with Crippen LogP contribution in [0.25, 0.3) is 16.6 Å². The van der Waals surface area contributed by atoms with E-state index in [0.29, 0.717) is 59.3 Å². The highest BCUT2D eigenvalue weighted by atomic mass is 35.5. The monoisotopic (exact) mass is 535 g/mol. The summed E-state index contributed by atoms with van der Waals surface area (Å²) in [7, 11) is 0. The second kappa shape index (κ2) is 10.7. The Bertz CT molecular complexity index is 1410. The number of piperidine rings is 1. The van der Waals surface area contributed by atoms with Gasteiger partial charge >= 0.3 is 0 Å². The van der Waals surface area contributed by atoms with E-state index in [1.54, 1.807) is 39.6 Å². The van der Waals surface area contributed by atoms with Crippen molar-refractivity contribution in [1.29, 1.82) is 0 Å². The Morgan fingerprint density at radius 1 is 0.974 bits per heavy atom. The molecule has 8 heteroatoms. The van der Waals surface area contributed by atoms with Crippen LogP contribution in [0.15, 0.2) is 49.2 Å². The number of hydrogen-bond donors (Lipinski definition) is 0. The average Bonchev–Trinajstić information content (AvgIpc) is 3.57. The van der Waals surface area contributed by atoms with E-state index >= 15 is 0 Å². The van der Waals surface area contributed by atoms with Crippen molar-refractivity contribution in [3.63, 3.8) is 0 Å². The number of ketones is 1. The summed E-state index contributed by atoms with van der Waals surface area (Å²) in [6, 6.07) is 9.90. The van der Waals surface area contributed by atoms with Crippen molar-refractivity contribution in [1.82, 2.24) is 14.4 Å². The van der Waals surface area contributed by atoms with Crippen LogP contribution in [0.1, 0.15) is 58.9 Å². The van der Waals surface area contributed by atoms with Crippen LogP contribution in [0.3, 0.4) is 0 Å². The summed E-state index contributed by atoms with van der Waals surface area (Å²) in [6.45, 7) is 8.13. The number of fused-ring (bicyclic) bond motifs is 1. The fraction of sp³-hybridized carbons (Fsp3) is 0.367. The van der Waals surface area contributed by atoms with Gasteiger partial charge in [0.1, 0.15) is 5.82 Å². The van der Waals surface area contributed by atoms with E-state index < -0.39 is 11.7 Å². The van der Waals surface area contributed by atoms with Crippen LogP contribution < -0.4 is 0 Å². The fourth-order valence-corrected chi connectivity index (χ4v) is 5.79. The lowest BCUT2D eigenvalue weighted by Crippen LogP contribution is -2.39. The predicted molar refractivity (Wildman–Crippen MR) is 147 cm³/mol. The Hall–Kier alpha value is -3.45. The first-order valence-corrected chi connectivity index (χ1v) is 13.5. The summed E-state index contributed by atoms with van der Waals surface area (Å²) in [5.41, 5.74) is 2.96. The molecular weight excluding hydrogens is 505 g/mol. The summed E-state index contributed by atoms with van der Waals surface area (Å²) < 4.78 is 15.0. The highest BCUT2D eigenvalue weighted by Crippen LogP contribution is 2.32. The Morgan fingerprint density at radius 3 is 2.26 bits per heavy atom. The Labute approximate surface area is 226 Å². The number of carbonyl (C=O) groups excluding carboxylic acids is 3. The van der Waals surface area contributed by atoms with Crippen molar-refractivity contribution in [2.24, 2.45) is 5.92 Å². The minimum atomic E-state index is -0.584. The van der Waals surface area contributed by atoms with Gasteiger partial charge in [-0.3, -0.25) is 14.4 Å². The largest absolute Gasteiger partial charge is 0.339 e. The van der Waals surface area contributed by atoms with E-state index in [4.69, 9.17) is 11.6 Å². The number of amides is 2. The van der Waals surface area contributed by atoms with Gasteiger partial charge in [-0.15, -0.1) is 0 Å². The zero-order valence-corrected chi connectivity index (χ0v) is 22.3. The summed E-state index contributed by atoms with van der Waals surface area (Å²) in [5.74, 6) is -1.13. The number of Topliss-reactive ketones (excluding diaryl/α,β-unsaturated/α-hetero) is 1. The molecule has 2 saturated heterocycles. The molecule has 1 aromatic heterocycles. The van der Waals surface area contributed by atoms with E-state index in [0.717, 1.165) is 37.7 Å². The smallest absolute Gasteiger partial charge is 0.295 e. The quantitative estimate of drug-likeness (QED) is 0.295. The lowest BCUT2D eigenvalue weighted by Gasteiger charge is -2.32. The first-order valence-electron chi connectivity index (χ1n) is 13.1. The summed E-state index contributed by atoms with van der Waals surface area (Å²) in [5, 5.41) is 0.811. The lowest BCUT2D eigenvalue weighted by molar-refractivity contribution is -0.125. The van der Waals surface area contributed by atoms with Crippen LogP contribution in [0.4, 0.5) is 4.39 Å². The number of rotatable bonds is 6. The van der Waals surface area contributed by atoms with Gasteiger partial charge in [0.25, 0.3) is 17.6 Å². The lowest BCUT2D eigenvalue weighted by atomic mass is 9.90. The molecular formula is C30H31ClFN3O3. The van der Waals surface area contributed by atoms with Crippen molar-refractivity contribution in [3.05, 3.63) is 76.7 Å². The van der Waals surface area contributed by atoms with Gasteiger partial charge in [-0.05, 0) is 74.8 Å². The predicted octanol–water partition coefficient (Wildman–Crippen LogP) is 5.82. The molecule has 0 saturated carbocycles. The molecule has 2 amide bonds. The van der Waals surface area contributed by atoms with Gasteiger partial charge in [-0.1, -0.05) is 30.3 Å². The second-order valence-electron chi connectivity index (χ2n) is 10.4. The molecule has 0 unspecified atom stereocenters. The van der Waals surface area contributed by atoms with E-state index in [2.05, 4.69) is 6.58 Å². The maximum absolute atomic E-state index is 13.5. The molecule has 5 rings (SSSR count). The average molecular weight is 536 g/mol. The molecule has 2 aliphatic heterocycles. The number of carbonyl (C=O) groups is 3. The van der Waals surface area contributed by atoms with Gasteiger partial charge in [0.15, 0.2) is 0 Å². The zero-order valence-electron chi connectivity index (χ0n) is 21.5. The number of halogens is 2. The minimum absolute atomic E-state index is 0.190. The van der Waals surface area contributed by atoms with Crippen molar-refractivity contribution in [2.75, 3.05) is 26.2 Å². The first-order chi connectivity index (χ1) is 18.2. The Kier molecular flexibility index (Phi) is 7.39. The van der Waals surface area contributed by atoms with Crippen molar-refractivity contribution in [3.8, 4) is 0 Å². The minimum Gasteiger partial charge on any atom is -0.339 e. The Balaban J connectivity index is 1.38. The molecule has 198 valence electrons. The molecule has 0 spiro atoms. The van der Waals surface area contributed by atoms with Gasteiger partial charge < -0.3 is 14.4 Å². The Morgan fingerprint density at radius 2 is 1.63 bits per heavy atom. The molecule has 2 fully saturated rings. The molecule has 3 aromatic rings. The summed E-state index contributed by atoms with van der Waals surface area (Å²) >= 11 is 6.62. The van der Waals surface area contributed by atoms with Crippen LogP contribution >= 0.6 is 11.6 Å². The third kappa shape index (κ3) is 5.12. The normalized spacial score (nSPS) is 16.3. The molecule has 2 aliphatic rings. The van der Waals surface area contributed by atoms with E-state index in [1.807, 2.05) is 12.1 Å². The SMILES string of the molecule is C=C(C)n1cc(C(=O)C(=O)N2CCCC2)c2cc(C(=O)N3CCC(Cc4ccc(F)cc4)CC3)c(Cl)cc21. The van der Waals surface area contributed by atoms with Gasteiger partial charge in [-0.25, -0.2) is 4.39 Å². The van der Waals surface area contributed by atoms with E-state index in [-0.39, 0.29) is 17.3 Å². The molecule has 0 aliphatic carbocycles. The van der Waals surface area contributed by atoms with E-state index in [1.165, 1.54) is 12.1 Å². The number of benzene rings is 2. The fourth-order valence-electron chi connectivity index (χ4n) is 5.55. The second-order valence-corrected chi connectivity index (χ2v) is 10.8. The molecule has 38 heavy (non-hydrogen) atoms. The number of likely N-dealkylation sites (tertiary alicyclic amines) is 2. The third-order valence-corrected chi connectivity index (χ3v) is 8.02. The molecule has 6 nitrogen and oxygen atoms in total. The summed E-state index contributed by atoms with van der Waals surface area (Å²) in [4.78, 5) is 43.1. The topological polar surface area (TPSA) is 62.6 Å². The highest BCUT2D eigenvalue weighted by molar-refractivity contribution is 6.45.